The van der Waals surface area contributed by atoms with Crippen LogP contribution in [0.3, 0.4) is 0 Å². The largest absolute Gasteiger partial charge is 0.480 e. The Bertz CT molecular complexity index is 663. The van der Waals surface area contributed by atoms with Gasteiger partial charge in [0.1, 0.15) is 5.75 Å². The van der Waals surface area contributed by atoms with Crippen LogP contribution < -0.4 is 10.1 Å². The summed E-state index contributed by atoms with van der Waals surface area (Å²) in [6.07, 6.45) is 0.221. The number of fused-ring (bicyclic) bond motifs is 1. The second kappa shape index (κ2) is 5.48. The number of hydrogen-bond acceptors (Lipinski definition) is 4. The highest BCUT2D eigenvalue weighted by atomic mass is 32.1. The van der Waals surface area contributed by atoms with E-state index in [2.05, 4.69) is 30.2 Å². The number of nitrogens with one attached hydrogen (secondary N) is 1. The number of amides is 1. The first kappa shape index (κ1) is 14.1. The molecule has 2 aromatic rings. The maximum Gasteiger partial charge on any atom is 0.261 e. The molecule has 0 saturated heterocycles. The lowest BCUT2D eigenvalue weighted by molar-refractivity contribution is -0.127. The molecule has 3 rings (SSSR count). The van der Waals surface area contributed by atoms with Crippen molar-refractivity contribution in [1.29, 1.82) is 0 Å². The summed E-state index contributed by atoms with van der Waals surface area (Å²) in [5.74, 6) is 0.779. The Labute approximate surface area is 128 Å². The van der Waals surface area contributed by atoms with Gasteiger partial charge in [-0.1, -0.05) is 6.07 Å². The molecule has 1 aliphatic heterocycles. The summed E-state index contributed by atoms with van der Waals surface area (Å²) in [6, 6.07) is 4.14. The number of nitrogens with zero attached hydrogens (tertiary/aromatic N) is 1. The molecule has 0 bridgehead atoms. The topological polar surface area (TPSA) is 51.2 Å². The van der Waals surface area contributed by atoms with Gasteiger partial charge >= 0.3 is 0 Å². The summed E-state index contributed by atoms with van der Waals surface area (Å²) < 4.78 is 5.78. The van der Waals surface area contributed by atoms with E-state index in [1.807, 2.05) is 13.0 Å². The Hall–Kier alpha value is -1.88. The molecule has 0 unspecified atom stereocenters. The van der Waals surface area contributed by atoms with Gasteiger partial charge < -0.3 is 10.1 Å². The predicted octanol–water partition coefficient (Wildman–Crippen LogP) is 2.69. The van der Waals surface area contributed by atoms with Crippen LogP contribution in [-0.2, 0) is 17.8 Å². The highest BCUT2D eigenvalue weighted by molar-refractivity contribution is 7.09. The normalized spacial score (nSPS) is 16.4. The van der Waals surface area contributed by atoms with E-state index in [0.717, 1.165) is 21.9 Å². The second-order valence-corrected chi connectivity index (χ2v) is 6.37. The number of thiazole rings is 1. The Morgan fingerprint density at radius 3 is 2.86 bits per heavy atom. The minimum absolute atomic E-state index is 0.0608. The van der Waals surface area contributed by atoms with Gasteiger partial charge in [-0.05, 0) is 43.5 Å². The first-order chi connectivity index (χ1) is 10.0. The molecule has 0 radical (unpaired) electrons. The Kier molecular flexibility index (Phi) is 3.68. The molecule has 0 aliphatic carbocycles. The van der Waals surface area contributed by atoms with E-state index >= 15 is 0 Å². The number of rotatable bonds is 3. The second-order valence-electron chi connectivity index (χ2n) is 5.43. The molecule has 1 atom stereocenters. The Morgan fingerprint density at radius 1 is 1.38 bits per heavy atom. The first-order valence-corrected chi connectivity index (χ1v) is 7.86. The summed E-state index contributed by atoms with van der Waals surface area (Å²) in [5.41, 5.74) is 6.31. The molecule has 0 fully saturated rings. The van der Waals surface area contributed by atoms with E-state index in [4.69, 9.17) is 4.74 Å². The molecule has 110 valence electrons. The van der Waals surface area contributed by atoms with Gasteiger partial charge in [0.05, 0.1) is 17.7 Å². The van der Waals surface area contributed by atoms with E-state index in [9.17, 15) is 4.79 Å². The fraction of sp³-hybridized carbons (Fsp3) is 0.375. The number of aromatic nitrogens is 1. The van der Waals surface area contributed by atoms with E-state index < -0.39 is 6.10 Å². The van der Waals surface area contributed by atoms with Crippen molar-refractivity contribution in [1.82, 2.24) is 10.3 Å². The van der Waals surface area contributed by atoms with Gasteiger partial charge in [-0.2, -0.15) is 0 Å². The summed E-state index contributed by atoms with van der Waals surface area (Å²) in [6.45, 7) is 6.60. The predicted molar refractivity (Wildman–Crippen MR) is 82.7 cm³/mol. The van der Waals surface area contributed by atoms with Gasteiger partial charge in [-0.3, -0.25) is 4.79 Å². The van der Waals surface area contributed by atoms with Crippen molar-refractivity contribution >= 4 is 17.2 Å². The monoisotopic (exact) mass is 302 g/mol. The zero-order chi connectivity index (χ0) is 15.0. The fourth-order valence-electron chi connectivity index (χ4n) is 2.44. The lowest BCUT2D eigenvalue weighted by atomic mass is 10.0. The molecule has 1 aromatic carbocycles. The van der Waals surface area contributed by atoms with Crippen molar-refractivity contribution in [3.05, 3.63) is 44.9 Å². The third kappa shape index (κ3) is 2.78. The average Bonchev–Trinajstić information content (AvgIpc) is 3.03. The van der Waals surface area contributed by atoms with Gasteiger partial charge in [0.2, 0.25) is 0 Å². The lowest BCUT2D eigenvalue weighted by Crippen LogP contribution is -2.36. The van der Waals surface area contributed by atoms with E-state index in [1.165, 1.54) is 11.1 Å². The fourth-order valence-corrected chi connectivity index (χ4v) is 3.15. The van der Waals surface area contributed by atoms with Gasteiger partial charge in [0.25, 0.3) is 5.91 Å². The Morgan fingerprint density at radius 2 is 2.14 bits per heavy atom. The SMILES string of the molecule is Cc1cc2c(cc1C)O[C@@H](C(=O)NCc1scnc1C)C2. The molecular weight excluding hydrogens is 284 g/mol. The van der Waals surface area contributed by atoms with Crippen LogP contribution in [0.5, 0.6) is 5.75 Å². The highest BCUT2D eigenvalue weighted by Gasteiger charge is 2.29. The number of aryl methyl sites for hydroxylation is 3. The summed E-state index contributed by atoms with van der Waals surface area (Å²) in [7, 11) is 0. The third-order valence-electron chi connectivity index (χ3n) is 3.91. The number of carbonyl (C=O) groups is 1. The van der Waals surface area contributed by atoms with Crippen molar-refractivity contribution in [2.75, 3.05) is 0 Å². The smallest absolute Gasteiger partial charge is 0.261 e. The maximum atomic E-state index is 12.2. The molecule has 4 nitrogen and oxygen atoms in total. The molecule has 1 N–H and O–H groups in total. The number of benzene rings is 1. The van der Waals surface area contributed by atoms with Crippen LogP contribution in [0.2, 0.25) is 0 Å². The van der Waals surface area contributed by atoms with E-state index in [-0.39, 0.29) is 5.91 Å². The number of hydrogen-bond donors (Lipinski definition) is 1. The summed E-state index contributed by atoms with van der Waals surface area (Å²) >= 11 is 1.56. The maximum absolute atomic E-state index is 12.2. The molecule has 1 aromatic heterocycles. The molecule has 21 heavy (non-hydrogen) atoms. The summed E-state index contributed by atoms with van der Waals surface area (Å²) in [4.78, 5) is 17.5. The molecule has 5 heteroatoms. The van der Waals surface area contributed by atoms with Crippen LogP contribution >= 0.6 is 11.3 Å². The van der Waals surface area contributed by atoms with Crippen LogP contribution in [0, 0.1) is 20.8 Å². The van der Waals surface area contributed by atoms with E-state index in [1.54, 1.807) is 16.8 Å². The van der Waals surface area contributed by atoms with Crippen molar-refractivity contribution < 1.29 is 9.53 Å². The van der Waals surface area contributed by atoms with Crippen LogP contribution in [0.25, 0.3) is 0 Å². The zero-order valence-corrected chi connectivity index (χ0v) is 13.2. The highest BCUT2D eigenvalue weighted by Crippen LogP contribution is 2.31. The standard InChI is InChI=1S/C16H18N2O2S/c1-9-4-12-6-14(20-13(12)5-10(9)2)16(19)17-7-15-11(3)18-8-21-15/h4-5,8,14H,6-7H2,1-3H3,(H,17,19)/t14-/m1/s1. The minimum atomic E-state index is -0.422. The van der Waals surface area contributed by atoms with Crippen LogP contribution in [0.4, 0.5) is 0 Å². The molecule has 1 amide bonds. The van der Waals surface area contributed by atoms with Crippen LogP contribution in [-0.4, -0.2) is 17.0 Å². The lowest BCUT2D eigenvalue weighted by Gasteiger charge is -2.11. The third-order valence-corrected chi connectivity index (χ3v) is 4.85. The van der Waals surface area contributed by atoms with Crippen molar-refractivity contribution in [2.45, 2.75) is 39.8 Å². The summed E-state index contributed by atoms with van der Waals surface area (Å²) in [5, 5.41) is 2.94. The minimum Gasteiger partial charge on any atom is -0.480 e. The van der Waals surface area contributed by atoms with Gasteiger partial charge in [-0.15, -0.1) is 11.3 Å². The molecule has 0 saturated carbocycles. The number of ether oxygens (including phenoxy) is 1. The van der Waals surface area contributed by atoms with Crippen molar-refractivity contribution in [3.63, 3.8) is 0 Å². The van der Waals surface area contributed by atoms with Gasteiger partial charge in [0.15, 0.2) is 6.10 Å². The van der Waals surface area contributed by atoms with Crippen LogP contribution in [0.1, 0.15) is 27.3 Å². The zero-order valence-electron chi connectivity index (χ0n) is 12.4. The van der Waals surface area contributed by atoms with Crippen LogP contribution in [0.15, 0.2) is 17.6 Å². The molecular formula is C16H18N2O2S. The van der Waals surface area contributed by atoms with Crippen molar-refractivity contribution in [2.24, 2.45) is 0 Å². The van der Waals surface area contributed by atoms with E-state index in [0.29, 0.717) is 13.0 Å². The van der Waals surface area contributed by atoms with Crippen molar-refractivity contribution in [3.8, 4) is 5.75 Å². The first-order valence-electron chi connectivity index (χ1n) is 6.98. The molecule has 2 heterocycles. The Balaban J connectivity index is 1.64. The van der Waals surface area contributed by atoms with Gasteiger partial charge in [0, 0.05) is 11.3 Å². The van der Waals surface area contributed by atoms with Gasteiger partial charge in [-0.25, -0.2) is 4.98 Å². The average molecular weight is 302 g/mol. The quantitative estimate of drug-likeness (QED) is 0.948. The molecule has 0 spiro atoms. The molecule has 1 aliphatic rings. The number of carbonyl (C=O) groups excluding carboxylic acids is 1.